The maximum absolute atomic E-state index is 3.42. The van der Waals surface area contributed by atoms with E-state index in [2.05, 4.69) is 39.7 Å². The molecule has 1 aromatic rings. The highest BCUT2D eigenvalue weighted by Crippen LogP contribution is 2.11. The molecular weight excluding hydrogens is 243 g/mol. The molecule has 0 aromatic heterocycles. The van der Waals surface area contributed by atoms with Crippen LogP contribution in [0.15, 0.2) is 27.1 Å². The summed E-state index contributed by atoms with van der Waals surface area (Å²) >= 11 is 6.83. The molecule has 0 aliphatic heterocycles. The Bertz CT molecular complexity index is 202. The molecule has 0 aliphatic rings. The third-order valence-corrected chi connectivity index (χ3v) is 2.92. The average Bonchev–Trinajstić information content (AvgIpc) is 1.83. The van der Waals surface area contributed by atoms with Gasteiger partial charge in [-0.05, 0) is 12.1 Å². The average molecular weight is 248 g/mol. The summed E-state index contributed by atoms with van der Waals surface area (Å²) in [5, 5.41) is 0. The second-order valence-corrected chi connectivity index (χ2v) is 3.56. The van der Waals surface area contributed by atoms with Gasteiger partial charge in [0.1, 0.15) is 7.85 Å². The summed E-state index contributed by atoms with van der Waals surface area (Å²) < 4.78 is 2.30. The van der Waals surface area contributed by atoms with E-state index >= 15 is 0 Å². The Labute approximate surface area is 72.3 Å². The zero-order valence-corrected chi connectivity index (χ0v) is 8.16. The highest BCUT2D eigenvalue weighted by molar-refractivity contribution is 9.11. The third-order valence-electron chi connectivity index (χ3n) is 1.20. The molecule has 0 unspecified atom stereocenters. The van der Waals surface area contributed by atoms with Crippen LogP contribution in [0.2, 0.25) is 0 Å². The fraction of sp³-hybridized carbons (Fsp3) is 0. The summed E-state index contributed by atoms with van der Waals surface area (Å²) in [6, 6.07) is 6.06. The summed E-state index contributed by atoms with van der Waals surface area (Å²) in [5.41, 5.74) is 1.25. The van der Waals surface area contributed by atoms with Crippen molar-refractivity contribution >= 4 is 45.2 Å². The molecule has 0 atom stereocenters. The zero-order valence-electron chi connectivity index (χ0n) is 4.99. The van der Waals surface area contributed by atoms with Crippen LogP contribution in [0.25, 0.3) is 0 Å². The number of benzene rings is 1. The van der Waals surface area contributed by atoms with Crippen LogP contribution in [-0.4, -0.2) is 7.85 Å². The van der Waals surface area contributed by atoms with E-state index in [1.807, 2.05) is 18.2 Å². The van der Waals surface area contributed by atoms with Crippen molar-refractivity contribution in [2.24, 2.45) is 0 Å². The van der Waals surface area contributed by atoms with E-state index < -0.39 is 0 Å². The fourth-order valence-electron chi connectivity index (χ4n) is 0.581. The first-order chi connectivity index (χ1) is 4.22. The summed E-state index contributed by atoms with van der Waals surface area (Å²) in [7, 11) is 2.06. The van der Waals surface area contributed by atoms with Crippen LogP contribution in [0, 0.1) is 0 Å². The van der Waals surface area contributed by atoms with Crippen molar-refractivity contribution in [1.82, 2.24) is 0 Å². The molecule has 0 nitrogen and oxygen atoms in total. The largest absolute Gasteiger partial charge is 0.142 e. The molecule has 3 heteroatoms. The monoisotopic (exact) mass is 246 g/mol. The summed E-state index contributed by atoms with van der Waals surface area (Å²) in [6.45, 7) is 0. The lowest BCUT2D eigenvalue weighted by Crippen LogP contribution is -2.04. The van der Waals surface area contributed by atoms with Crippen molar-refractivity contribution in [3.63, 3.8) is 0 Å². The number of hydrogen-bond donors (Lipinski definition) is 0. The summed E-state index contributed by atoms with van der Waals surface area (Å²) in [4.78, 5) is 0. The highest BCUT2D eigenvalue weighted by Gasteiger charge is 1.95. The lowest BCUT2D eigenvalue weighted by Gasteiger charge is -1.97. The fourth-order valence-corrected chi connectivity index (χ4v) is 1.58. The molecule has 0 fully saturated rings. The predicted molar refractivity (Wildman–Crippen MR) is 50.0 cm³/mol. The van der Waals surface area contributed by atoms with Crippen molar-refractivity contribution in [3.05, 3.63) is 27.1 Å². The standard InChI is InChI=1S/C6H5BBr2/c7-6-4(8)2-1-3-5(6)9/h1-3H,7H2. The van der Waals surface area contributed by atoms with Gasteiger partial charge in [0.15, 0.2) is 0 Å². The first-order valence-corrected chi connectivity index (χ1v) is 4.21. The van der Waals surface area contributed by atoms with Gasteiger partial charge in [0.25, 0.3) is 0 Å². The molecule has 0 spiro atoms. The molecule has 0 radical (unpaired) electrons. The van der Waals surface area contributed by atoms with E-state index in [0.29, 0.717) is 0 Å². The van der Waals surface area contributed by atoms with Gasteiger partial charge in [-0.1, -0.05) is 43.4 Å². The Morgan fingerprint density at radius 3 is 1.89 bits per heavy atom. The van der Waals surface area contributed by atoms with E-state index in [4.69, 9.17) is 0 Å². The number of halogens is 2. The molecular formula is C6H5BBr2. The van der Waals surface area contributed by atoms with Crippen LogP contribution in [-0.2, 0) is 0 Å². The summed E-state index contributed by atoms with van der Waals surface area (Å²) in [5.74, 6) is 0. The second-order valence-electron chi connectivity index (χ2n) is 1.85. The molecule has 1 aromatic carbocycles. The van der Waals surface area contributed by atoms with Crippen molar-refractivity contribution in [3.8, 4) is 0 Å². The molecule has 1 rings (SSSR count). The van der Waals surface area contributed by atoms with Gasteiger partial charge in [-0.15, -0.1) is 0 Å². The summed E-state index contributed by atoms with van der Waals surface area (Å²) in [6.07, 6.45) is 0. The van der Waals surface area contributed by atoms with Gasteiger partial charge in [-0.2, -0.15) is 0 Å². The van der Waals surface area contributed by atoms with Gasteiger partial charge >= 0.3 is 0 Å². The zero-order chi connectivity index (χ0) is 6.85. The van der Waals surface area contributed by atoms with E-state index in [1.54, 1.807) is 0 Å². The molecule has 0 saturated carbocycles. The Balaban J connectivity index is 3.25. The van der Waals surface area contributed by atoms with Crippen LogP contribution < -0.4 is 5.46 Å². The molecule has 0 N–H and O–H groups in total. The molecule has 0 bridgehead atoms. The Morgan fingerprint density at radius 2 is 1.56 bits per heavy atom. The van der Waals surface area contributed by atoms with Gasteiger partial charge < -0.3 is 0 Å². The Kier molecular flexibility index (Phi) is 2.36. The molecule has 9 heavy (non-hydrogen) atoms. The van der Waals surface area contributed by atoms with Gasteiger partial charge in [-0.25, -0.2) is 0 Å². The van der Waals surface area contributed by atoms with E-state index in [9.17, 15) is 0 Å². The Morgan fingerprint density at radius 1 is 1.11 bits per heavy atom. The minimum atomic E-state index is 1.15. The first-order valence-electron chi connectivity index (χ1n) is 2.62. The normalized spacial score (nSPS) is 9.56. The van der Waals surface area contributed by atoms with Crippen LogP contribution >= 0.6 is 31.9 Å². The molecule has 0 amide bonds. The molecule has 46 valence electrons. The quantitative estimate of drug-likeness (QED) is 0.609. The lowest BCUT2D eigenvalue weighted by atomic mass is 9.97. The maximum Gasteiger partial charge on any atom is 0.142 e. The van der Waals surface area contributed by atoms with Crippen molar-refractivity contribution in [1.29, 1.82) is 0 Å². The van der Waals surface area contributed by atoms with Crippen molar-refractivity contribution in [2.45, 2.75) is 0 Å². The maximum atomic E-state index is 3.42. The third kappa shape index (κ3) is 1.58. The van der Waals surface area contributed by atoms with Crippen LogP contribution in [0.4, 0.5) is 0 Å². The van der Waals surface area contributed by atoms with E-state index in [-0.39, 0.29) is 0 Å². The van der Waals surface area contributed by atoms with Gasteiger partial charge in [0.2, 0.25) is 0 Å². The molecule has 0 saturated heterocycles. The lowest BCUT2D eigenvalue weighted by molar-refractivity contribution is 1.67. The van der Waals surface area contributed by atoms with Crippen LogP contribution in [0.1, 0.15) is 0 Å². The smallest absolute Gasteiger partial charge is 0.0611 e. The minimum absolute atomic E-state index is 1.15. The van der Waals surface area contributed by atoms with E-state index in [1.165, 1.54) is 5.46 Å². The first kappa shape index (κ1) is 7.35. The van der Waals surface area contributed by atoms with E-state index in [0.717, 1.165) is 8.95 Å². The van der Waals surface area contributed by atoms with Crippen molar-refractivity contribution < 1.29 is 0 Å². The SMILES string of the molecule is Bc1c(Br)cccc1Br. The molecule has 0 heterocycles. The van der Waals surface area contributed by atoms with Crippen molar-refractivity contribution in [2.75, 3.05) is 0 Å². The number of rotatable bonds is 0. The van der Waals surface area contributed by atoms with Crippen LogP contribution in [0.3, 0.4) is 0 Å². The van der Waals surface area contributed by atoms with Gasteiger partial charge in [0, 0.05) is 8.95 Å². The highest BCUT2D eigenvalue weighted by atomic mass is 79.9. The second kappa shape index (κ2) is 2.89. The van der Waals surface area contributed by atoms with Crippen LogP contribution in [0.5, 0.6) is 0 Å². The topological polar surface area (TPSA) is 0 Å². The van der Waals surface area contributed by atoms with Gasteiger partial charge in [-0.3, -0.25) is 0 Å². The van der Waals surface area contributed by atoms with Gasteiger partial charge in [0.05, 0.1) is 0 Å². The Hall–Kier alpha value is 0.245. The number of hydrogen-bond acceptors (Lipinski definition) is 0. The molecule has 0 aliphatic carbocycles. The predicted octanol–water partition coefficient (Wildman–Crippen LogP) is 1.47. The minimum Gasteiger partial charge on any atom is -0.0611 e.